The van der Waals surface area contributed by atoms with Crippen LogP contribution in [0.2, 0.25) is 0 Å². The lowest BCUT2D eigenvalue weighted by Gasteiger charge is -2.27. The first-order valence-electron chi connectivity index (χ1n) is 29.1. The van der Waals surface area contributed by atoms with Crippen LogP contribution in [0, 0.1) is 0 Å². The number of rotatable bonds is 7. The van der Waals surface area contributed by atoms with Gasteiger partial charge in [-0.1, -0.05) is 334 Å². The molecule has 0 aliphatic rings. The molecule has 15 aromatic carbocycles. The molecule has 0 radical (unpaired) electrons. The summed E-state index contributed by atoms with van der Waals surface area (Å²) < 4.78 is 0. The largest absolute Gasteiger partial charge is 0.0622 e. The fourth-order valence-corrected chi connectivity index (χ4v) is 13.4. The van der Waals surface area contributed by atoms with Crippen molar-refractivity contribution in [1.82, 2.24) is 0 Å². The van der Waals surface area contributed by atoms with E-state index in [1.165, 1.54) is 27.1 Å². The summed E-state index contributed by atoms with van der Waals surface area (Å²) in [5.74, 6) is 0. The van der Waals surface area contributed by atoms with Gasteiger partial charge in [-0.05, 0) is 159 Å². The van der Waals surface area contributed by atoms with E-state index in [0.717, 1.165) is 126 Å². The van der Waals surface area contributed by atoms with Gasteiger partial charge in [0, 0.05) is 0 Å². The Morgan fingerprint density at radius 2 is 0.310 bits per heavy atom. The average molecular weight is 1070 g/mol. The maximum absolute atomic E-state index is 2.55. The van der Waals surface area contributed by atoms with Crippen LogP contribution in [0.15, 0.2) is 340 Å². The van der Waals surface area contributed by atoms with Crippen molar-refractivity contribution in [2.45, 2.75) is 0 Å². The van der Waals surface area contributed by atoms with E-state index in [4.69, 9.17) is 0 Å². The van der Waals surface area contributed by atoms with Gasteiger partial charge in [0.25, 0.3) is 0 Å². The lowest BCUT2D eigenvalue weighted by molar-refractivity contribution is 1.57. The molecule has 392 valence electrons. The van der Waals surface area contributed by atoms with Gasteiger partial charge >= 0.3 is 0 Å². The standard InChI is InChI=1S/C84H56/c1-8-32-57(33-9-1)74-56-75-72-54-29-28-52-70(72)68-50-25-24-48-66(68)64-46-22-23-47-65(64)67-49-26-27-51-69(67)71-53-30-31-55-73(71)82-80(62-42-18-6-19-43-62)78(60-38-14-4-15-39-60)79(61-40-16-5-17-41-61)81(63-44-20-7-21-45-63)84(82)83(75)77(59-36-12-3-13-37-59)76(74)58-34-10-2-11-35-58/h1-56H. The van der Waals surface area contributed by atoms with Crippen molar-refractivity contribution < 1.29 is 0 Å². The van der Waals surface area contributed by atoms with E-state index >= 15 is 0 Å². The van der Waals surface area contributed by atoms with Gasteiger partial charge in [0.2, 0.25) is 0 Å². The fraction of sp³-hybridized carbons (Fsp3) is 0. The van der Waals surface area contributed by atoms with Crippen molar-refractivity contribution in [3.8, 4) is 77.9 Å². The second-order valence-corrected chi connectivity index (χ2v) is 21.6. The molecule has 0 heterocycles. The van der Waals surface area contributed by atoms with Crippen molar-refractivity contribution in [3.63, 3.8) is 0 Å². The van der Waals surface area contributed by atoms with Crippen molar-refractivity contribution in [1.29, 1.82) is 0 Å². The normalized spacial score (nSPS) is 11.3. The molecule has 0 aliphatic carbocycles. The van der Waals surface area contributed by atoms with Crippen LogP contribution in [0.1, 0.15) is 0 Å². The number of hydrogen-bond donors (Lipinski definition) is 0. The topological polar surface area (TPSA) is 0 Å². The van der Waals surface area contributed by atoms with Crippen LogP contribution < -0.4 is 0 Å². The van der Waals surface area contributed by atoms with Gasteiger partial charge in [-0.25, -0.2) is 0 Å². The molecule has 0 bridgehead atoms. The number of fused-ring (bicyclic) bond motifs is 14. The van der Waals surface area contributed by atoms with Crippen LogP contribution >= 0.6 is 0 Å². The molecule has 0 saturated carbocycles. The third-order valence-corrected chi connectivity index (χ3v) is 16.9. The summed E-state index contributed by atoms with van der Waals surface area (Å²) in [6.07, 6.45) is 0. The van der Waals surface area contributed by atoms with Crippen LogP contribution in [0.3, 0.4) is 0 Å². The first-order valence-corrected chi connectivity index (χ1v) is 29.1. The summed E-state index contributed by atoms with van der Waals surface area (Å²) in [5, 5.41) is 16.1. The smallest absolute Gasteiger partial charge is 0.0000933 e. The molecule has 0 spiro atoms. The van der Waals surface area contributed by atoms with Gasteiger partial charge in [0.1, 0.15) is 0 Å². The van der Waals surface area contributed by atoms with E-state index in [1.807, 2.05) is 0 Å². The SMILES string of the molecule is c1ccc(-c2cc3c4ccccc4c4ccccc4c4ccccc4c4ccccc4c4ccccc4c4c(-c5ccccc5)c(-c5ccccc5)c(-c5ccccc5)c(-c5ccccc5)c4c3c(-c3ccccc3)c2-c2ccccc2)cc1. The second-order valence-electron chi connectivity index (χ2n) is 21.6. The Morgan fingerprint density at radius 3 is 0.619 bits per heavy atom. The number of benzene rings is 14. The Balaban J connectivity index is 1.45. The first kappa shape index (κ1) is 50.1. The highest BCUT2D eigenvalue weighted by molar-refractivity contribution is 6.37. The van der Waals surface area contributed by atoms with E-state index < -0.39 is 0 Å². The third-order valence-electron chi connectivity index (χ3n) is 16.9. The molecule has 0 N–H and O–H groups in total. The highest BCUT2D eigenvalue weighted by atomic mass is 14.3. The molecule has 0 unspecified atom stereocenters. The van der Waals surface area contributed by atoms with Crippen LogP contribution in [0.25, 0.3) is 153 Å². The zero-order chi connectivity index (χ0) is 55.8. The minimum absolute atomic E-state index is 1.12. The molecule has 15 aromatic rings. The molecule has 0 saturated heterocycles. The molecule has 15 rings (SSSR count). The van der Waals surface area contributed by atoms with Crippen LogP contribution in [0.5, 0.6) is 0 Å². The first-order chi connectivity index (χ1) is 41.8. The molecule has 0 atom stereocenters. The van der Waals surface area contributed by atoms with Crippen LogP contribution in [-0.4, -0.2) is 0 Å². The van der Waals surface area contributed by atoms with Gasteiger partial charge < -0.3 is 0 Å². The summed E-state index contributed by atoms with van der Waals surface area (Å²) in [6.45, 7) is 0. The van der Waals surface area contributed by atoms with Gasteiger partial charge in [-0.3, -0.25) is 0 Å². The fourth-order valence-electron chi connectivity index (χ4n) is 13.4. The monoisotopic (exact) mass is 1060 g/mol. The Labute approximate surface area is 490 Å². The molecule has 0 heteroatoms. The molecular formula is C84H56. The minimum atomic E-state index is 1.12. The Hall–Kier alpha value is -10.9. The predicted molar refractivity (Wildman–Crippen MR) is 362 cm³/mol. The maximum Gasteiger partial charge on any atom is -0.0000933 e. The van der Waals surface area contributed by atoms with Crippen molar-refractivity contribution in [2.75, 3.05) is 0 Å². The maximum atomic E-state index is 2.55. The predicted octanol–water partition coefficient (Wildman–Crippen LogP) is 23.7. The summed E-state index contributed by atoms with van der Waals surface area (Å²) >= 11 is 0. The van der Waals surface area contributed by atoms with Crippen LogP contribution in [-0.2, 0) is 0 Å². The van der Waals surface area contributed by atoms with Gasteiger partial charge in [0.15, 0.2) is 0 Å². The molecule has 84 heavy (non-hydrogen) atoms. The van der Waals surface area contributed by atoms with E-state index in [-0.39, 0.29) is 0 Å². The van der Waals surface area contributed by atoms with Gasteiger partial charge in [-0.15, -0.1) is 0 Å². The zero-order valence-corrected chi connectivity index (χ0v) is 46.3. The molecule has 0 aromatic heterocycles. The summed E-state index contributed by atoms with van der Waals surface area (Å²) in [5.41, 5.74) is 16.0. The summed E-state index contributed by atoms with van der Waals surface area (Å²) in [4.78, 5) is 0. The van der Waals surface area contributed by atoms with Gasteiger partial charge in [0.05, 0.1) is 0 Å². The minimum Gasteiger partial charge on any atom is -0.0622 e. The second kappa shape index (κ2) is 21.9. The van der Waals surface area contributed by atoms with Gasteiger partial charge in [-0.2, -0.15) is 0 Å². The van der Waals surface area contributed by atoms with E-state index in [1.54, 1.807) is 0 Å². The average Bonchev–Trinajstić information content (AvgIpc) is 0.880. The zero-order valence-electron chi connectivity index (χ0n) is 46.3. The van der Waals surface area contributed by atoms with Crippen LogP contribution in [0.4, 0.5) is 0 Å². The quantitative estimate of drug-likeness (QED) is 0.149. The highest BCUT2D eigenvalue weighted by Gasteiger charge is 2.29. The molecular weight excluding hydrogens is 1010 g/mol. The Morgan fingerprint density at radius 1 is 0.119 bits per heavy atom. The number of hydrogen-bond acceptors (Lipinski definition) is 0. The lowest BCUT2D eigenvalue weighted by atomic mass is 9.75. The molecule has 0 nitrogen and oxygen atoms in total. The molecule has 0 amide bonds. The van der Waals surface area contributed by atoms with Crippen molar-refractivity contribution in [2.24, 2.45) is 0 Å². The van der Waals surface area contributed by atoms with E-state index in [9.17, 15) is 0 Å². The third kappa shape index (κ3) is 8.72. The lowest BCUT2D eigenvalue weighted by Crippen LogP contribution is -2.00. The Kier molecular flexibility index (Phi) is 13.0. The van der Waals surface area contributed by atoms with Crippen molar-refractivity contribution in [3.05, 3.63) is 340 Å². The summed E-state index contributed by atoms with van der Waals surface area (Å²) in [6, 6.07) is 127. The highest BCUT2D eigenvalue weighted by Crippen LogP contribution is 2.56. The molecule has 0 aliphatic heterocycles. The Bertz CT molecular complexity index is 5110. The summed E-state index contributed by atoms with van der Waals surface area (Å²) in [7, 11) is 0. The van der Waals surface area contributed by atoms with E-state index in [0.29, 0.717) is 0 Å². The van der Waals surface area contributed by atoms with E-state index in [2.05, 4.69) is 340 Å². The van der Waals surface area contributed by atoms with Crippen molar-refractivity contribution >= 4 is 75.4 Å². The molecule has 0 fully saturated rings.